The standard InChI is InChI=1S/C26H25N3OS/c27-18-21-17-20-11-5-1-2-10-16-24(20)28-26(21)31-19-25(30)29(22-12-6-3-7-13-22)23-14-8-4-9-15-23/h3-4,6-9,12-15,17H,1-2,5,10-11,16,19H2. The number of aromatic nitrogens is 1. The molecule has 0 spiro atoms. The molecule has 5 heteroatoms. The lowest BCUT2D eigenvalue weighted by molar-refractivity contribution is -0.115. The van der Waals surface area contributed by atoms with E-state index < -0.39 is 0 Å². The van der Waals surface area contributed by atoms with Gasteiger partial charge >= 0.3 is 0 Å². The van der Waals surface area contributed by atoms with Gasteiger partial charge in [-0.1, -0.05) is 61.0 Å². The van der Waals surface area contributed by atoms with E-state index in [-0.39, 0.29) is 11.7 Å². The summed E-state index contributed by atoms with van der Waals surface area (Å²) >= 11 is 1.36. The van der Waals surface area contributed by atoms with Crippen LogP contribution in [0.4, 0.5) is 11.4 Å². The molecule has 0 bridgehead atoms. The van der Waals surface area contributed by atoms with Gasteiger partial charge < -0.3 is 0 Å². The third kappa shape index (κ3) is 5.15. The second-order valence-corrected chi connectivity index (χ2v) is 8.63. The largest absolute Gasteiger partial charge is 0.280 e. The summed E-state index contributed by atoms with van der Waals surface area (Å²) in [6.07, 6.45) is 6.67. The summed E-state index contributed by atoms with van der Waals surface area (Å²) in [4.78, 5) is 19.9. The number of hydrogen-bond donors (Lipinski definition) is 0. The van der Waals surface area contributed by atoms with Crippen LogP contribution in [0.5, 0.6) is 0 Å². The van der Waals surface area contributed by atoms with Crippen molar-refractivity contribution < 1.29 is 4.79 Å². The number of aryl methyl sites for hydroxylation is 2. The average molecular weight is 428 g/mol. The molecule has 1 aliphatic carbocycles. The van der Waals surface area contributed by atoms with Gasteiger partial charge in [0.15, 0.2) is 0 Å². The average Bonchev–Trinajstić information content (AvgIpc) is 2.80. The van der Waals surface area contributed by atoms with Crippen LogP contribution in [0.15, 0.2) is 71.8 Å². The molecule has 0 saturated carbocycles. The number of rotatable bonds is 5. The molecule has 1 aromatic heterocycles. The molecule has 31 heavy (non-hydrogen) atoms. The van der Waals surface area contributed by atoms with Crippen LogP contribution in [-0.2, 0) is 17.6 Å². The highest BCUT2D eigenvalue weighted by Crippen LogP contribution is 2.30. The second kappa shape index (κ2) is 10.3. The fourth-order valence-corrected chi connectivity index (χ4v) is 4.77. The zero-order chi connectivity index (χ0) is 21.5. The topological polar surface area (TPSA) is 57.0 Å². The molecule has 4 nitrogen and oxygen atoms in total. The number of fused-ring (bicyclic) bond motifs is 1. The first-order chi connectivity index (χ1) is 15.3. The molecular weight excluding hydrogens is 402 g/mol. The van der Waals surface area contributed by atoms with Gasteiger partial charge in [-0.2, -0.15) is 5.26 Å². The number of nitrogens with zero attached hydrogens (tertiary/aromatic N) is 3. The fourth-order valence-electron chi connectivity index (χ4n) is 3.94. The van der Waals surface area contributed by atoms with Crippen molar-refractivity contribution in [3.8, 4) is 6.07 Å². The molecular formula is C26H25N3OS. The molecule has 0 unspecified atom stereocenters. The van der Waals surface area contributed by atoms with Crippen LogP contribution in [-0.4, -0.2) is 16.6 Å². The normalized spacial score (nSPS) is 13.4. The maximum Gasteiger partial charge on any atom is 0.241 e. The second-order valence-electron chi connectivity index (χ2n) is 7.66. The summed E-state index contributed by atoms with van der Waals surface area (Å²) in [5.41, 5.74) is 4.51. The van der Waals surface area contributed by atoms with Gasteiger partial charge in [0.1, 0.15) is 11.1 Å². The van der Waals surface area contributed by atoms with E-state index in [0.29, 0.717) is 10.6 Å². The summed E-state index contributed by atoms with van der Waals surface area (Å²) in [6.45, 7) is 0. The number of carbonyl (C=O) groups excluding carboxylic acids is 1. The van der Waals surface area contributed by atoms with E-state index in [1.807, 2.05) is 66.7 Å². The Bertz CT molecular complexity index is 1040. The highest BCUT2D eigenvalue weighted by molar-refractivity contribution is 8.00. The molecule has 0 atom stereocenters. The van der Waals surface area contributed by atoms with E-state index in [4.69, 9.17) is 4.98 Å². The van der Waals surface area contributed by atoms with Crippen LogP contribution in [0, 0.1) is 11.3 Å². The maximum absolute atomic E-state index is 13.3. The minimum absolute atomic E-state index is 0.0418. The predicted molar refractivity (Wildman–Crippen MR) is 126 cm³/mol. The van der Waals surface area contributed by atoms with Gasteiger partial charge in [0.05, 0.1) is 11.3 Å². The Labute approximate surface area is 187 Å². The van der Waals surface area contributed by atoms with Crippen LogP contribution in [0.2, 0.25) is 0 Å². The molecule has 3 aromatic rings. The van der Waals surface area contributed by atoms with Crippen LogP contribution in [0.3, 0.4) is 0 Å². The summed E-state index contributed by atoms with van der Waals surface area (Å²) < 4.78 is 0. The van der Waals surface area contributed by atoms with Gasteiger partial charge in [-0.25, -0.2) is 4.98 Å². The SMILES string of the molecule is N#Cc1cc2c(nc1SCC(=O)N(c1ccccc1)c1ccccc1)CCCCCC2. The molecule has 1 aliphatic rings. The Balaban J connectivity index is 1.58. The number of thioether (sulfide) groups is 1. The van der Waals surface area contributed by atoms with Crippen molar-refractivity contribution >= 4 is 29.0 Å². The fraction of sp³-hybridized carbons (Fsp3) is 0.269. The zero-order valence-electron chi connectivity index (χ0n) is 17.5. The maximum atomic E-state index is 13.3. The highest BCUT2D eigenvalue weighted by atomic mass is 32.2. The molecule has 4 rings (SSSR count). The number of benzene rings is 2. The Morgan fingerprint density at radius 3 is 2.16 bits per heavy atom. The first kappa shape index (κ1) is 21.1. The molecule has 0 saturated heterocycles. The molecule has 1 heterocycles. The summed E-state index contributed by atoms with van der Waals surface area (Å²) in [6, 6.07) is 23.6. The zero-order valence-corrected chi connectivity index (χ0v) is 18.3. The quantitative estimate of drug-likeness (QED) is 0.464. The van der Waals surface area contributed by atoms with Crippen molar-refractivity contribution in [3.63, 3.8) is 0 Å². The summed E-state index contributed by atoms with van der Waals surface area (Å²) in [5.74, 6) is 0.171. The number of para-hydroxylation sites is 2. The van der Waals surface area contributed by atoms with E-state index in [1.54, 1.807) is 4.90 Å². The van der Waals surface area contributed by atoms with Crippen LogP contribution >= 0.6 is 11.8 Å². The predicted octanol–water partition coefficient (Wildman–Crippen LogP) is 6.07. The number of hydrogen-bond acceptors (Lipinski definition) is 4. The van der Waals surface area contributed by atoms with Crippen LogP contribution in [0.1, 0.15) is 42.5 Å². The van der Waals surface area contributed by atoms with Gasteiger partial charge in [-0.3, -0.25) is 9.69 Å². The Hall–Kier alpha value is -3.10. The van der Waals surface area contributed by atoms with Gasteiger partial charge in [0, 0.05) is 17.1 Å². The summed E-state index contributed by atoms with van der Waals surface area (Å²) in [7, 11) is 0. The van der Waals surface area contributed by atoms with E-state index in [2.05, 4.69) is 6.07 Å². The first-order valence-corrected chi connectivity index (χ1v) is 11.7. The van der Waals surface area contributed by atoms with Gasteiger partial charge in [-0.05, 0) is 61.6 Å². The number of anilines is 2. The number of nitriles is 1. The molecule has 156 valence electrons. The van der Waals surface area contributed by atoms with Crippen molar-refractivity contribution in [2.45, 2.75) is 43.6 Å². The van der Waals surface area contributed by atoms with Crippen molar-refractivity contribution in [3.05, 3.63) is 83.6 Å². The Morgan fingerprint density at radius 1 is 0.935 bits per heavy atom. The lowest BCUT2D eigenvalue weighted by atomic mass is 9.96. The third-order valence-corrected chi connectivity index (χ3v) is 6.47. The van der Waals surface area contributed by atoms with Crippen LogP contribution in [0.25, 0.3) is 0 Å². The van der Waals surface area contributed by atoms with Crippen molar-refractivity contribution in [1.82, 2.24) is 4.98 Å². The first-order valence-electron chi connectivity index (χ1n) is 10.7. The molecule has 0 radical (unpaired) electrons. The molecule has 2 aromatic carbocycles. The smallest absolute Gasteiger partial charge is 0.241 e. The minimum atomic E-state index is -0.0418. The Kier molecular flexibility index (Phi) is 7.01. The molecule has 1 amide bonds. The minimum Gasteiger partial charge on any atom is -0.280 e. The van der Waals surface area contributed by atoms with Crippen molar-refractivity contribution in [2.75, 3.05) is 10.7 Å². The monoisotopic (exact) mass is 427 g/mol. The van der Waals surface area contributed by atoms with Crippen LogP contribution < -0.4 is 4.90 Å². The number of pyridine rings is 1. The van der Waals surface area contributed by atoms with Gasteiger partial charge in [-0.15, -0.1) is 0 Å². The number of amides is 1. The lowest BCUT2D eigenvalue weighted by Crippen LogP contribution is -2.27. The van der Waals surface area contributed by atoms with Crippen molar-refractivity contribution in [2.24, 2.45) is 0 Å². The highest BCUT2D eigenvalue weighted by Gasteiger charge is 2.20. The summed E-state index contributed by atoms with van der Waals surface area (Å²) in [5, 5.41) is 10.3. The van der Waals surface area contributed by atoms with E-state index in [0.717, 1.165) is 42.8 Å². The molecule has 0 N–H and O–H groups in total. The van der Waals surface area contributed by atoms with Gasteiger partial charge in [0.25, 0.3) is 0 Å². The lowest BCUT2D eigenvalue weighted by Gasteiger charge is -2.23. The molecule has 0 aliphatic heterocycles. The number of carbonyl (C=O) groups is 1. The van der Waals surface area contributed by atoms with E-state index in [1.165, 1.54) is 30.2 Å². The van der Waals surface area contributed by atoms with Crippen molar-refractivity contribution in [1.29, 1.82) is 5.26 Å². The Morgan fingerprint density at radius 2 is 1.55 bits per heavy atom. The van der Waals surface area contributed by atoms with E-state index in [9.17, 15) is 10.1 Å². The van der Waals surface area contributed by atoms with E-state index >= 15 is 0 Å². The third-order valence-electron chi connectivity index (χ3n) is 5.50. The molecule has 0 fully saturated rings. The van der Waals surface area contributed by atoms with Gasteiger partial charge in [0.2, 0.25) is 5.91 Å².